The molecule has 1 aliphatic heterocycles. The maximum absolute atomic E-state index is 12.2. The zero-order valence-corrected chi connectivity index (χ0v) is 11.5. The highest BCUT2D eigenvalue weighted by molar-refractivity contribution is 5.96. The van der Waals surface area contributed by atoms with Crippen molar-refractivity contribution in [2.24, 2.45) is 7.05 Å². The average molecular weight is 299 g/mol. The molecule has 21 heavy (non-hydrogen) atoms. The van der Waals surface area contributed by atoms with Gasteiger partial charge < -0.3 is 5.32 Å². The third-order valence-corrected chi connectivity index (χ3v) is 3.34. The van der Waals surface area contributed by atoms with Crippen LogP contribution in [-0.2, 0) is 20.0 Å². The molecule has 0 radical (unpaired) electrons. The summed E-state index contributed by atoms with van der Waals surface area (Å²) in [5.41, 5.74) is -0.762. The van der Waals surface area contributed by atoms with E-state index in [1.165, 1.54) is 7.05 Å². The van der Waals surface area contributed by atoms with Crippen molar-refractivity contribution in [3.8, 4) is 0 Å². The lowest BCUT2D eigenvalue weighted by Gasteiger charge is -2.22. The smallest absolute Gasteiger partial charge is 0.325 e. The zero-order valence-electron chi connectivity index (χ0n) is 11.5. The summed E-state index contributed by atoms with van der Waals surface area (Å²) in [4.78, 5) is 36.2. The summed E-state index contributed by atoms with van der Waals surface area (Å²) >= 11 is 0. The standard InChI is InChI=1S/C13H15F2N3O3/c1-7-6-8-10(11(19)16-7)18(5-3-4-9(14)15)13(21)17(2)12(8)20/h9H,1,3-6H2,2H3,(H,16,19). The molecule has 0 spiro atoms. The largest absolute Gasteiger partial charge is 0.331 e. The van der Waals surface area contributed by atoms with E-state index in [1.807, 2.05) is 0 Å². The van der Waals surface area contributed by atoms with Crippen LogP contribution in [-0.4, -0.2) is 21.5 Å². The number of nitrogens with zero attached hydrogens (tertiary/aromatic N) is 2. The minimum atomic E-state index is -2.47. The Labute approximate surface area is 118 Å². The van der Waals surface area contributed by atoms with Crippen LogP contribution in [0, 0.1) is 0 Å². The fourth-order valence-electron chi connectivity index (χ4n) is 2.34. The first-order chi connectivity index (χ1) is 9.82. The first-order valence-corrected chi connectivity index (χ1v) is 6.43. The second kappa shape index (κ2) is 5.63. The molecule has 0 bridgehead atoms. The predicted molar refractivity (Wildman–Crippen MR) is 71.5 cm³/mol. The molecule has 0 fully saturated rings. The molecule has 1 aromatic heterocycles. The summed E-state index contributed by atoms with van der Waals surface area (Å²) in [5.74, 6) is -0.604. The Morgan fingerprint density at radius 3 is 2.62 bits per heavy atom. The molecule has 8 heteroatoms. The van der Waals surface area contributed by atoms with Gasteiger partial charge in [-0.05, 0) is 6.42 Å². The molecule has 0 aliphatic carbocycles. The molecule has 6 nitrogen and oxygen atoms in total. The average Bonchev–Trinajstić information content (AvgIpc) is 2.40. The number of hydrogen-bond acceptors (Lipinski definition) is 3. The van der Waals surface area contributed by atoms with Crippen molar-refractivity contribution < 1.29 is 13.6 Å². The van der Waals surface area contributed by atoms with Crippen molar-refractivity contribution in [1.82, 2.24) is 14.5 Å². The van der Waals surface area contributed by atoms with Crippen molar-refractivity contribution >= 4 is 5.91 Å². The zero-order chi connectivity index (χ0) is 15.7. The summed E-state index contributed by atoms with van der Waals surface area (Å²) < 4.78 is 26.4. The molecule has 1 aliphatic rings. The van der Waals surface area contributed by atoms with Gasteiger partial charge in [-0.15, -0.1) is 0 Å². The van der Waals surface area contributed by atoms with Crippen molar-refractivity contribution in [1.29, 1.82) is 0 Å². The normalized spacial score (nSPS) is 14.3. The third kappa shape index (κ3) is 2.79. The van der Waals surface area contributed by atoms with E-state index < -0.39 is 23.6 Å². The van der Waals surface area contributed by atoms with E-state index in [1.54, 1.807) is 0 Å². The third-order valence-electron chi connectivity index (χ3n) is 3.34. The van der Waals surface area contributed by atoms with Crippen LogP contribution in [0.25, 0.3) is 0 Å². The summed E-state index contributed by atoms with van der Waals surface area (Å²) in [6, 6.07) is 0. The van der Waals surface area contributed by atoms with Crippen molar-refractivity contribution in [3.05, 3.63) is 44.4 Å². The van der Waals surface area contributed by atoms with E-state index in [-0.39, 0.29) is 37.1 Å². The van der Waals surface area contributed by atoms with Crippen LogP contribution in [0.3, 0.4) is 0 Å². The molecule has 2 rings (SSSR count). The number of nitrogens with one attached hydrogen (secondary N) is 1. The van der Waals surface area contributed by atoms with E-state index in [0.29, 0.717) is 5.70 Å². The number of carbonyl (C=O) groups excluding carboxylic acids is 1. The van der Waals surface area contributed by atoms with Gasteiger partial charge in [0.2, 0.25) is 6.43 Å². The second-order valence-corrected chi connectivity index (χ2v) is 4.89. The highest BCUT2D eigenvalue weighted by Gasteiger charge is 2.27. The van der Waals surface area contributed by atoms with Crippen LogP contribution in [0.4, 0.5) is 8.78 Å². The SMILES string of the molecule is C=C1Cc2c(n(CCCC(F)F)c(=O)n(C)c2=O)C(=O)N1. The first kappa shape index (κ1) is 15.1. The number of amides is 1. The van der Waals surface area contributed by atoms with Crippen LogP contribution in [0.2, 0.25) is 0 Å². The number of carbonyl (C=O) groups is 1. The Hall–Kier alpha value is -2.25. The number of hydrogen-bond donors (Lipinski definition) is 1. The summed E-state index contributed by atoms with van der Waals surface area (Å²) in [6.45, 7) is 3.56. The van der Waals surface area contributed by atoms with Gasteiger partial charge in [0.1, 0.15) is 5.69 Å². The summed E-state index contributed by atoms with van der Waals surface area (Å²) in [6.07, 6.45) is -2.69. The van der Waals surface area contributed by atoms with Crippen molar-refractivity contribution in [2.45, 2.75) is 32.2 Å². The van der Waals surface area contributed by atoms with Gasteiger partial charge in [-0.2, -0.15) is 0 Å². The van der Waals surface area contributed by atoms with E-state index >= 15 is 0 Å². The van der Waals surface area contributed by atoms with Gasteiger partial charge in [0.25, 0.3) is 11.5 Å². The molecule has 0 saturated carbocycles. The molecule has 2 heterocycles. The monoisotopic (exact) mass is 299 g/mol. The van der Waals surface area contributed by atoms with Crippen LogP contribution < -0.4 is 16.6 Å². The van der Waals surface area contributed by atoms with Gasteiger partial charge in [0, 0.05) is 32.1 Å². The minimum Gasteiger partial charge on any atom is -0.325 e. The number of allylic oxidation sites excluding steroid dienone is 1. The number of halogens is 2. The second-order valence-electron chi connectivity index (χ2n) is 4.89. The van der Waals surface area contributed by atoms with E-state index in [9.17, 15) is 23.2 Å². The van der Waals surface area contributed by atoms with Crippen LogP contribution in [0.1, 0.15) is 28.9 Å². The number of alkyl halides is 2. The lowest BCUT2D eigenvalue weighted by atomic mass is 10.0. The van der Waals surface area contributed by atoms with E-state index in [4.69, 9.17) is 0 Å². The van der Waals surface area contributed by atoms with Gasteiger partial charge in [0.05, 0.1) is 5.56 Å². The van der Waals surface area contributed by atoms with Gasteiger partial charge in [-0.25, -0.2) is 13.6 Å². The lowest BCUT2D eigenvalue weighted by molar-refractivity contribution is 0.0945. The fraction of sp³-hybridized carbons (Fsp3) is 0.462. The highest BCUT2D eigenvalue weighted by Crippen LogP contribution is 2.14. The molecule has 1 N–H and O–H groups in total. The molecule has 1 aromatic rings. The van der Waals surface area contributed by atoms with E-state index in [0.717, 1.165) is 9.13 Å². The summed E-state index contributed by atoms with van der Waals surface area (Å²) in [5, 5.41) is 2.46. The molecule has 1 amide bonds. The number of aromatic nitrogens is 2. The van der Waals surface area contributed by atoms with Crippen LogP contribution in [0.15, 0.2) is 21.9 Å². The van der Waals surface area contributed by atoms with Gasteiger partial charge in [-0.1, -0.05) is 6.58 Å². The van der Waals surface area contributed by atoms with Gasteiger partial charge in [-0.3, -0.25) is 18.7 Å². The Morgan fingerprint density at radius 1 is 1.33 bits per heavy atom. The fourth-order valence-corrected chi connectivity index (χ4v) is 2.34. The maximum Gasteiger partial charge on any atom is 0.331 e. The first-order valence-electron chi connectivity index (χ1n) is 6.43. The molecule has 0 atom stereocenters. The maximum atomic E-state index is 12.2. The Bertz CT molecular complexity index is 719. The van der Waals surface area contributed by atoms with Crippen LogP contribution >= 0.6 is 0 Å². The van der Waals surface area contributed by atoms with E-state index in [2.05, 4.69) is 11.9 Å². The Balaban J connectivity index is 2.54. The van der Waals surface area contributed by atoms with Crippen LogP contribution in [0.5, 0.6) is 0 Å². The Morgan fingerprint density at radius 2 is 2.00 bits per heavy atom. The molecular formula is C13H15F2N3O3. The molecule has 0 unspecified atom stereocenters. The van der Waals surface area contributed by atoms with Gasteiger partial charge in [0.15, 0.2) is 0 Å². The number of rotatable bonds is 4. The summed E-state index contributed by atoms with van der Waals surface area (Å²) in [7, 11) is 1.30. The molecule has 0 aromatic carbocycles. The minimum absolute atomic E-state index is 0.0381. The number of fused-ring (bicyclic) bond motifs is 1. The van der Waals surface area contributed by atoms with Crippen molar-refractivity contribution in [2.75, 3.05) is 0 Å². The van der Waals surface area contributed by atoms with Gasteiger partial charge >= 0.3 is 5.69 Å². The molecule has 0 saturated heterocycles. The quantitative estimate of drug-likeness (QED) is 0.874. The molecular weight excluding hydrogens is 284 g/mol. The highest BCUT2D eigenvalue weighted by atomic mass is 19.3. The Kier molecular flexibility index (Phi) is 4.06. The topological polar surface area (TPSA) is 73.1 Å². The predicted octanol–water partition coefficient (Wildman–Crippen LogP) is 0.392. The lowest BCUT2D eigenvalue weighted by Crippen LogP contribution is -2.47. The molecule has 114 valence electrons. The van der Waals surface area contributed by atoms with Crippen molar-refractivity contribution in [3.63, 3.8) is 0 Å².